The van der Waals surface area contributed by atoms with Crippen LogP contribution in [0, 0.1) is 5.82 Å². The van der Waals surface area contributed by atoms with E-state index in [0.29, 0.717) is 46.1 Å². The minimum absolute atomic E-state index is 0.0609. The van der Waals surface area contributed by atoms with Gasteiger partial charge in [0.25, 0.3) is 5.56 Å². The summed E-state index contributed by atoms with van der Waals surface area (Å²) in [6.45, 7) is 0.486. The predicted molar refractivity (Wildman–Crippen MR) is 159 cm³/mol. The van der Waals surface area contributed by atoms with E-state index in [-0.39, 0.29) is 29.2 Å². The van der Waals surface area contributed by atoms with Gasteiger partial charge in [-0.15, -0.1) is 0 Å². The number of amides is 1. The van der Waals surface area contributed by atoms with Gasteiger partial charge in [0.05, 0.1) is 11.4 Å². The topological polar surface area (TPSA) is 128 Å². The fraction of sp³-hybridized carbons (Fsp3) is 0.129. The summed E-state index contributed by atoms with van der Waals surface area (Å²) < 4.78 is 28.2. The molecule has 1 aliphatic heterocycles. The molecule has 0 atom stereocenters. The van der Waals surface area contributed by atoms with Crippen molar-refractivity contribution >= 4 is 28.3 Å². The SMILES string of the molecule is CN(C)C/C=C/C(=O)Nc1c(F)ccc2c1OCc1[nH]c(=O)c3c(N)n(-c4ccc(Oc5ccccc5)cc4)nc3c1-2. The number of nitrogens with zero attached hydrogens (tertiary/aromatic N) is 3. The highest BCUT2D eigenvalue weighted by atomic mass is 19.1. The van der Waals surface area contributed by atoms with Gasteiger partial charge < -0.3 is 30.4 Å². The first-order chi connectivity index (χ1) is 20.3. The van der Waals surface area contributed by atoms with Crippen molar-refractivity contribution in [2.45, 2.75) is 6.61 Å². The number of likely N-dealkylation sites (N-methyl/N-ethyl adjacent to an activating group) is 1. The Balaban J connectivity index is 1.40. The number of nitrogen functional groups attached to an aromatic ring is 1. The van der Waals surface area contributed by atoms with E-state index in [2.05, 4.69) is 10.3 Å². The molecular weight excluding hydrogens is 539 g/mol. The number of nitrogens with one attached hydrogen (secondary N) is 2. The maximum absolute atomic E-state index is 15.0. The fourth-order valence-corrected chi connectivity index (χ4v) is 4.81. The Morgan fingerprint density at radius 3 is 2.62 bits per heavy atom. The third kappa shape index (κ3) is 4.97. The zero-order chi connectivity index (χ0) is 29.4. The van der Waals surface area contributed by atoms with Crippen LogP contribution in [0.2, 0.25) is 0 Å². The van der Waals surface area contributed by atoms with Gasteiger partial charge >= 0.3 is 0 Å². The monoisotopic (exact) mass is 566 g/mol. The van der Waals surface area contributed by atoms with Gasteiger partial charge in [-0.05, 0) is 62.6 Å². The van der Waals surface area contributed by atoms with E-state index in [4.69, 9.17) is 20.3 Å². The summed E-state index contributed by atoms with van der Waals surface area (Å²) in [5.41, 5.74) is 8.35. The first kappa shape index (κ1) is 26.8. The van der Waals surface area contributed by atoms with Crippen molar-refractivity contribution < 1.29 is 18.7 Å². The van der Waals surface area contributed by atoms with E-state index >= 15 is 0 Å². The van der Waals surface area contributed by atoms with E-state index in [1.54, 1.807) is 30.3 Å². The van der Waals surface area contributed by atoms with E-state index in [1.165, 1.54) is 22.9 Å². The molecule has 5 aromatic rings. The molecule has 3 aromatic carbocycles. The molecule has 6 rings (SSSR count). The third-order valence-electron chi connectivity index (χ3n) is 6.74. The number of rotatable bonds is 7. The minimum Gasteiger partial charge on any atom is -0.484 e. The number of hydrogen-bond donors (Lipinski definition) is 3. The van der Waals surface area contributed by atoms with Crippen molar-refractivity contribution in [2.75, 3.05) is 31.7 Å². The van der Waals surface area contributed by atoms with Gasteiger partial charge in [-0.3, -0.25) is 9.59 Å². The Kier molecular flexibility index (Phi) is 6.93. The number of hydrogen-bond acceptors (Lipinski definition) is 7. The second-order valence-electron chi connectivity index (χ2n) is 9.98. The van der Waals surface area contributed by atoms with Gasteiger partial charge in [-0.1, -0.05) is 24.3 Å². The number of anilines is 2. The number of pyridine rings is 1. The molecule has 0 fully saturated rings. The average Bonchev–Trinajstić information content (AvgIpc) is 3.32. The van der Waals surface area contributed by atoms with Crippen LogP contribution in [0.4, 0.5) is 15.9 Å². The lowest BCUT2D eigenvalue weighted by Gasteiger charge is -2.23. The highest BCUT2D eigenvalue weighted by Crippen LogP contribution is 2.45. The Hall–Kier alpha value is -5.42. The number of carbonyl (C=O) groups is 1. The van der Waals surface area contributed by atoms with Crippen molar-refractivity contribution in [1.29, 1.82) is 0 Å². The predicted octanol–water partition coefficient (Wildman–Crippen LogP) is 4.84. The Morgan fingerprint density at radius 1 is 1.14 bits per heavy atom. The fourth-order valence-electron chi connectivity index (χ4n) is 4.81. The summed E-state index contributed by atoms with van der Waals surface area (Å²) in [6, 6.07) is 19.3. The van der Waals surface area contributed by atoms with Crippen LogP contribution >= 0.6 is 0 Å². The van der Waals surface area contributed by atoms with Crippen molar-refractivity contribution in [3.05, 3.63) is 101 Å². The molecule has 0 bridgehead atoms. The smallest absolute Gasteiger partial charge is 0.261 e. The molecule has 3 heterocycles. The van der Waals surface area contributed by atoms with Gasteiger partial charge in [0.2, 0.25) is 5.91 Å². The molecule has 0 saturated carbocycles. The maximum atomic E-state index is 15.0. The summed E-state index contributed by atoms with van der Waals surface area (Å²) in [6.07, 6.45) is 3.01. The number of halogens is 1. The maximum Gasteiger partial charge on any atom is 0.261 e. The standard InChI is InChI=1S/C31H27FN6O4/c1-37(2)16-6-9-24(39)35-27-22(32)15-14-21-25-23(17-41-29(21)27)34-31(40)26-28(25)36-38(30(26)33)18-10-12-20(13-11-18)42-19-7-4-3-5-8-19/h3-15H,16-17,33H2,1-2H3,(H,34,40)(H,35,39)/b9-6+. The summed E-state index contributed by atoms with van der Waals surface area (Å²) in [7, 11) is 3.74. The van der Waals surface area contributed by atoms with Crippen LogP contribution in [0.5, 0.6) is 17.2 Å². The highest BCUT2D eigenvalue weighted by Gasteiger charge is 2.29. The number of aromatic nitrogens is 3. The molecule has 0 saturated heterocycles. The molecule has 11 heteroatoms. The molecule has 0 aliphatic carbocycles. The molecule has 1 amide bonds. The number of carbonyl (C=O) groups excluding carboxylic acids is 1. The summed E-state index contributed by atoms with van der Waals surface area (Å²) in [4.78, 5) is 30.4. The van der Waals surface area contributed by atoms with Crippen molar-refractivity contribution in [1.82, 2.24) is 19.7 Å². The van der Waals surface area contributed by atoms with E-state index in [9.17, 15) is 14.0 Å². The number of ether oxygens (including phenoxy) is 2. The van der Waals surface area contributed by atoms with Gasteiger partial charge in [0.1, 0.15) is 40.5 Å². The van der Waals surface area contributed by atoms with Gasteiger partial charge in [-0.2, -0.15) is 5.10 Å². The van der Waals surface area contributed by atoms with Crippen LogP contribution in [0.25, 0.3) is 27.7 Å². The first-order valence-electron chi connectivity index (χ1n) is 13.1. The zero-order valence-electron chi connectivity index (χ0n) is 22.8. The molecule has 42 heavy (non-hydrogen) atoms. The second kappa shape index (κ2) is 10.9. The largest absolute Gasteiger partial charge is 0.484 e. The molecule has 0 unspecified atom stereocenters. The van der Waals surface area contributed by atoms with Crippen LogP contribution in [0.3, 0.4) is 0 Å². The van der Waals surface area contributed by atoms with Crippen molar-refractivity contribution in [3.8, 4) is 34.1 Å². The molecule has 2 aromatic heterocycles. The van der Waals surface area contributed by atoms with Crippen LogP contribution < -0.4 is 26.1 Å². The Morgan fingerprint density at radius 2 is 1.88 bits per heavy atom. The number of benzene rings is 3. The molecule has 0 radical (unpaired) electrons. The quantitative estimate of drug-likeness (QED) is 0.241. The van der Waals surface area contributed by atoms with E-state index in [1.807, 2.05) is 49.3 Å². The summed E-state index contributed by atoms with van der Waals surface area (Å²) in [5, 5.41) is 7.49. The van der Waals surface area contributed by atoms with Crippen LogP contribution in [-0.4, -0.2) is 46.2 Å². The summed E-state index contributed by atoms with van der Waals surface area (Å²) in [5.74, 6) is 0.439. The van der Waals surface area contributed by atoms with Gasteiger partial charge in [0, 0.05) is 23.7 Å². The van der Waals surface area contributed by atoms with Crippen LogP contribution in [-0.2, 0) is 11.4 Å². The average molecular weight is 567 g/mol. The number of para-hydroxylation sites is 1. The Labute approximate surface area is 239 Å². The third-order valence-corrected chi connectivity index (χ3v) is 6.74. The first-order valence-corrected chi connectivity index (χ1v) is 13.1. The zero-order valence-corrected chi connectivity index (χ0v) is 22.8. The van der Waals surface area contributed by atoms with E-state index < -0.39 is 17.3 Å². The molecule has 0 spiro atoms. The molecule has 4 N–H and O–H groups in total. The van der Waals surface area contributed by atoms with E-state index in [0.717, 1.165) is 0 Å². The van der Waals surface area contributed by atoms with Gasteiger partial charge in [0.15, 0.2) is 11.6 Å². The van der Waals surface area contributed by atoms with Crippen LogP contribution in [0.1, 0.15) is 5.69 Å². The van der Waals surface area contributed by atoms with Gasteiger partial charge in [-0.25, -0.2) is 9.07 Å². The highest BCUT2D eigenvalue weighted by molar-refractivity contribution is 6.05. The number of H-pyrrole nitrogens is 1. The minimum atomic E-state index is -0.657. The molecule has 1 aliphatic rings. The lowest BCUT2D eigenvalue weighted by atomic mass is 9.97. The number of fused-ring (bicyclic) bond motifs is 5. The lowest BCUT2D eigenvalue weighted by molar-refractivity contribution is -0.112. The lowest BCUT2D eigenvalue weighted by Crippen LogP contribution is -2.19. The van der Waals surface area contributed by atoms with Crippen molar-refractivity contribution in [2.24, 2.45) is 0 Å². The van der Waals surface area contributed by atoms with Crippen LogP contribution in [0.15, 0.2) is 83.7 Å². The number of aromatic amines is 1. The number of nitrogens with two attached hydrogens (primary N) is 1. The normalized spacial score (nSPS) is 12.3. The molecule has 212 valence electrons. The summed E-state index contributed by atoms with van der Waals surface area (Å²) >= 11 is 0. The van der Waals surface area contributed by atoms with Crippen molar-refractivity contribution in [3.63, 3.8) is 0 Å². The Bertz CT molecular complexity index is 1900. The molecule has 10 nitrogen and oxygen atoms in total. The molecular formula is C31H27FN6O4. The second-order valence-corrected chi connectivity index (χ2v) is 9.98.